The summed E-state index contributed by atoms with van der Waals surface area (Å²) in [7, 11) is 5.39. The maximum atomic E-state index is 5.54. The number of hydrogen-bond acceptors (Lipinski definition) is 7. The number of piperazine rings is 1. The van der Waals surface area contributed by atoms with Gasteiger partial charge in [0.25, 0.3) is 0 Å². The third-order valence-electron chi connectivity index (χ3n) is 5.48. The van der Waals surface area contributed by atoms with Gasteiger partial charge in [-0.25, -0.2) is 9.97 Å². The fraction of sp³-hybridized carbons (Fsp3) is 0.522. The van der Waals surface area contributed by atoms with Crippen LogP contribution in [0.2, 0.25) is 0 Å². The number of anilines is 1. The Morgan fingerprint density at radius 3 is 2.53 bits per heavy atom. The summed E-state index contributed by atoms with van der Waals surface area (Å²) in [5, 5.41) is 3.40. The number of nitrogens with one attached hydrogen (secondary N) is 1. The van der Waals surface area contributed by atoms with E-state index in [2.05, 4.69) is 36.9 Å². The molecule has 0 saturated carbocycles. The smallest absolute Gasteiger partial charge is 0.225 e. The maximum Gasteiger partial charge on any atom is 0.225 e. The first-order valence-electron chi connectivity index (χ1n) is 11.1. The molecule has 2 aromatic rings. The van der Waals surface area contributed by atoms with Crippen LogP contribution in [0.4, 0.5) is 5.95 Å². The van der Waals surface area contributed by atoms with E-state index in [1.807, 2.05) is 31.3 Å². The highest BCUT2D eigenvalue weighted by Crippen LogP contribution is 2.25. The van der Waals surface area contributed by atoms with Gasteiger partial charge in [0.2, 0.25) is 5.95 Å². The molecule has 1 aliphatic heterocycles. The molecule has 1 aliphatic rings. The Kier molecular flexibility index (Phi) is 8.91. The number of benzene rings is 1. The second kappa shape index (κ2) is 12.1. The van der Waals surface area contributed by atoms with Crippen molar-refractivity contribution in [1.82, 2.24) is 25.1 Å². The lowest BCUT2D eigenvalue weighted by Gasteiger charge is -2.34. The zero-order chi connectivity index (χ0) is 22.8. The zero-order valence-corrected chi connectivity index (χ0v) is 19.6. The average Bonchev–Trinajstić information content (AvgIpc) is 2.84. The number of ether oxygens (including phenoxy) is 2. The van der Waals surface area contributed by atoms with Crippen LogP contribution in [0, 0.1) is 0 Å². The van der Waals surface area contributed by atoms with Crippen molar-refractivity contribution in [2.45, 2.75) is 13.5 Å². The summed E-state index contributed by atoms with van der Waals surface area (Å²) in [6, 6.07) is 7.75. The van der Waals surface area contributed by atoms with Gasteiger partial charge in [-0.15, -0.1) is 0 Å². The van der Waals surface area contributed by atoms with Crippen LogP contribution in [0.5, 0.6) is 11.5 Å². The fourth-order valence-corrected chi connectivity index (χ4v) is 3.71. The summed E-state index contributed by atoms with van der Waals surface area (Å²) in [6.07, 6.45) is 3.59. The molecular formula is C23H35N7O2. The Morgan fingerprint density at radius 2 is 1.88 bits per heavy atom. The van der Waals surface area contributed by atoms with Gasteiger partial charge in [0.15, 0.2) is 5.96 Å². The van der Waals surface area contributed by atoms with Gasteiger partial charge in [0, 0.05) is 76.9 Å². The van der Waals surface area contributed by atoms with Gasteiger partial charge in [-0.2, -0.15) is 0 Å². The van der Waals surface area contributed by atoms with Gasteiger partial charge in [-0.1, -0.05) is 0 Å². The van der Waals surface area contributed by atoms with E-state index in [0.29, 0.717) is 6.54 Å². The Labute approximate surface area is 191 Å². The lowest BCUT2D eigenvalue weighted by molar-refractivity contribution is 0.263. The zero-order valence-electron chi connectivity index (χ0n) is 19.6. The van der Waals surface area contributed by atoms with Crippen LogP contribution >= 0.6 is 0 Å². The molecule has 32 heavy (non-hydrogen) atoms. The average molecular weight is 442 g/mol. The number of aliphatic imine (C=N–C) groups is 1. The Hall–Kier alpha value is -3.07. The van der Waals surface area contributed by atoms with Crippen molar-refractivity contribution >= 4 is 11.9 Å². The number of hydrogen-bond donors (Lipinski definition) is 1. The molecule has 3 rings (SSSR count). The van der Waals surface area contributed by atoms with Crippen LogP contribution in [-0.2, 0) is 6.54 Å². The summed E-state index contributed by atoms with van der Waals surface area (Å²) in [5.41, 5.74) is 1.08. The van der Waals surface area contributed by atoms with Gasteiger partial charge in [0.1, 0.15) is 11.5 Å². The Bertz CT molecular complexity index is 855. The van der Waals surface area contributed by atoms with Crippen molar-refractivity contribution in [2.24, 2.45) is 4.99 Å². The van der Waals surface area contributed by atoms with Crippen molar-refractivity contribution < 1.29 is 9.47 Å². The Balaban J connectivity index is 1.52. The quantitative estimate of drug-likeness (QED) is 0.466. The molecule has 1 saturated heterocycles. The number of guanidine groups is 1. The van der Waals surface area contributed by atoms with Crippen LogP contribution < -0.4 is 19.7 Å². The predicted molar refractivity (Wildman–Crippen MR) is 128 cm³/mol. The molecule has 0 radical (unpaired) electrons. The van der Waals surface area contributed by atoms with Gasteiger partial charge < -0.3 is 24.6 Å². The number of methoxy groups -OCH3 is 2. The van der Waals surface area contributed by atoms with E-state index in [0.717, 1.165) is 74.8 Å². The van der Waals surface area contributed by atoms with E-state index in [-0.39, 0.29) is 0 Å². The van der Waals surface area contributed by atoms with Crippen LogP contribution in [0.15, 0.2) is 41.7 Å². The topological polar surface area (TPSA) is 78.4 Å². The summed E-state index contributed by atoms with van der Waals surface area (Å²) >= 11 is 0. The molecule has 0 unspecified atom stereocenters. The molecule has 174 valence electrons. The van der Waals surface area contributed by atoms with E-state index in [4.69, 9.17) is 14.5 Å². The van der Waals surface area contributed by atoms with Crippen LogP contribution in [0.3, 0.4) is 0 Å². The largest absolute Gasteiger partial charge is 0.497 e. The highest BCUT2D eigenvalue weighted by molar-refractivity contribution is 5.79. The third-order valence-corrected chi connectivity index (χ3v) is 5.48. The first-order valence-corrected chi connectivity index (χ1v) is 11.1. The first-order chi connectivity index (χ1) is 15.6. The van der Waals surface area contributed by atoms with Crippen molar-refractivity contribution in [2.75, 3.05) is 72.0 Å². The lowest BCUT2D eigenvalue weighted by atomic mass is 10.2. The number of aromatic nitrogens is 2. The SMILES string of the molecule is CCNC(=NCCN1CCN(c2ncccn2)CC1)N(C)Cc1ccc(OC)cc1OC. The molecular weight excluding hydrogens is 406 g/mol. The summed E-state index contributed by atoms with van der Waals surface area (Å²) in [6.45, 7) is 9.12. The number of rotatable bonds is 9. The molecule has 0 aliphatic carbocycles. The highest BCUT2D eigenvalue weighted by Gasteiger charge is 2.18. The molecule has 1 N–H and O–H groups in total. The normalized spacial score (nSPS) is 14.9. The summed E-state index contributed by atoms with van der Waals surface area (Å²) < 4.78 is 10.8. The van der Waals surface area contributed by atoms with E-state index in [1.165, 1.54) is 0 Å². The minimum absolute atomic E-state index is 0.689. The standard InChI is InChI=1S/C23H35N7O2/c1-5-24-22(28(2)18-19-7-8-20(31-3)17-21(19)32-4)27-11-12-29-13-15-30(16-14-29)23-25-9-6-10-26-23/h6-10,17H,5,11-16,18H2,1-4H3,(H,24,27). The van der Waals surface area contributed by atoms with E-state index in [9.17, 15) is 0 Å². The first kappa shape index (κ1) is 23.6. The third kappa shape index (κ3) is 6.46. The fourth-order valence-electron chi connectivity index (χ4n) is 3.71. The second-order valence-corrected chi connectivity index (χ2v) is 7.65. The van der Waals surface area contributed by atoms with E-state index < -0.39 is 0 Å². The van der Waals surface area contributed by atoms with Crippen molar-refractivity contribution in [3.8, 4) is 11.5 Å². The predicted octanol–water partition coefficient (Wildman–Crippen LogP) is 1.71. The summed E-state index contributed by atoms with van der Waals surface area (Å²) in [5.74, 6) is 3.30. The molecule has 9 nitrogen and oxygen atoms in total. The second-order valence-electron chi connectivity index (χ2n) is 7.65. The van der Waals surface area contributed by atoms with Crippen molar-refractivity contribution in [3.05, 3.63) is 42.2 Å². The monoisotopic (exact) mass is 441 g/mol. The van der Waals surface area contributed by atoms with Crippen molar-refractivity contribution in [1.29, 1.82) is 0 Å². The molecule has 1 aromatic heterocycles. The molecule has 2 heterocycles. The van der Waals surface area contributed by atoms with Gasteiger partial charge in [-0.05, 0) is 25.1 Å². The van der Waals surface area contributed by atoms with Gasteiger partial charge >= 0.3 is 0 Å². The van der Waals surface area contributed by atoms with E-state index in [1.54, 1.807) is 26.6 Å². The molecule has 1 aromatic carbocycles. The minimum atomic E-state index is 0.689. The van der Waals surface area contributed by atoms with E-state index >= 15 is 0 Å². The maximum absolute atomic E-state index is 5.54. The van der Waals surface area contributed by atoms with Gasteiger partial charge in [-0.3, -0.25) is 9.89 Å². The van der Waals surface area contributed by atoms with Crippen LogP contribution in [0.1, 0.15) is 12.5 Å². The lowest BCUT2D eigenvalue weighted by Crippen LogP contribution is -2.47. The molecule has 0 bridgehead atoms. The van der Waals surface area contributed by atoms with Crippen LogP contribution in [0.25, 0.3) is 0 Å². The highest BCUT2D eigenvalue weighted by atomic mass is 16.5. The number of nitrogens with zero attached hydrogens (tertiary/aromatic N) is 6. The van der Waals surface area contributed by atoms with Crippen LogP contribution in [-0.4, -0.2) is 92.8 Å². The molecule has 9 heteroatoms. The van der Waals surface area contributed by atoms with Gasteiger partial charge in [0.05, 0.1) is 20.8 Å². The minimum Gasteiger partial charge on any atom is -0.497 e. The molecule has 0 atom stereocenters. The molecule has 0 amide bonds. The summed E-state index contributed by atoms with van der Waals surface area (Å²) in [4.78, 5) is 20.4. The van der Waals surface area contributed by atoms with Crippen molar-refractivity contribution in [3.63, 3.8) is 0 Å². The molecule has 0 spiro atoms. The molecule has 1 fully saturated rings. The Morgan fingerprint density at radius 1 is 1.12 bits per heavy atom.